The van der Waals surface area contributed by atoms with E-state index in [2.05, 4.69) is 22.2 Å². The van der Waals surface area contributed by atoms with Crippen LogP contribution in [0.4, 0.5) is 11.5 Å². The van der Waals surface area contributed by atoms with Crippen LogP contribution in [0, 0.1) is 10.1 Å². The van der Waals surface area contributed by atoms with E-state index >= 15 is 0 Å². The molecule has 0 bridgehead atoms. The number of aromatic nitrogens is 2. The Hall–Kier alpha value is -2.50. The quantitative estimate of drug-likeness (QED) is 0.668. The minimum absolute atomic E-state index is 0.0320. The van der Waals surface area contributed by atoms with Crippen LogP contribution in [0.25, 0.3) is 0 Å². The van der Waals surface area contributed by atoms with Crippen molar-refractivity contribution in [1.82, 2.24) is 9.97 Å². The third-order valence-corrected chi connectivity index (χ3v) is 2.99. The van der Waals surface area contributed by atoms with Gasteiger partial charge in [-0.25, -0.2) is 4.98 Å². The molecule has 6 nitrogen and oxygen atoms in total. The zero-order valence-electron chi connectivity index (χ0n) is 11.5. The lowest BCUT2D eigenvalue weighted by Gasteiger charge is -2.05. The Kier molecular flexibility index (Phi) is 4.24. The van der Waals surface area contributed by atoms with Crippen LogP contribution in [-0.4, -0.2) is 21.9 Å². The number of rotatable bonds is 5. The molecule has 0 amide bonds. The molecule has 2 rings (SSSR count). The SMILES string of the molecule is CCc1ccc(Cc2cc([N+](=O)[O-])cc(NC)n2)nc1. The zero-order valence-corrected chi connectivity index (χ0v) is 11.5. The number of nitrogens with zero attached hydrogens (tertiary/aromatic N) is 3. The molecule has 0 saturated heterocycles. The lowest BCUT2D eigenvalue weighted by molar-refractivity contribution is -0.384. The van der Waals surface area contributed by atoms with Gasteiger partial charge in [-0.15, -0.1) is 0 Å². The third-order valence-electron chi connectivity index (χ3n) is 2.99. The lowest BCUT2D eigenvalue weighted by atomic mass is 10.1. The van der Waals surface area contributed by atoms with E-state index in [1.807, 2.05) is 18.3 Å². The second-order valence-electron chi connectivity index (χ2n) is 4.40. The van der Waals surface area contributed by atoms with Gasteiger partial charge in [0.2, 0.25) is 0 Å². The van der Waals surface area contributed by atoms with Crippen molar-refractivity contribution < 1.29 is 4.92 Å². The van der Waals surface area contributed by atoms with Crippen LogP contribution >= 0.6 is 0 Å². The van der Waals surface area contributed by atoms with Gasteiger partial charge in [0.05, 0.1) is 16.7 Å². The molecule has 0 atom stereocenters. The van der Waals surface area contributed by atoms with Gasteiger partial charge in [-0.05, 0) is 18.1 Å². The number of pyridine rings is 2. The molecule has 0 saturated carbocycles. The fourth-order valence-corrected chi connectivity index (χ4v) is 1.85. The van der Waals surface area contributed by atoms with E-state index in [0.29, 0.717) is 17.9 Å². The summed E-state index contributed by atoms with van der Waals surface area (Å²) in [4.78, 5) is 19.1. The van der Waals surface area contributed by atoms with E-state index in [1.165, 1.54) is 12.1 Å². The van der Waals surface area contributed by atoms with Gasteiger partial charge in [0.1, 0.15) is 5.82 Å². The molecule has 0 aliphatic rings. The van der Waals surface area contributed by atoms with Gasteiger partial charge in [0, 0.05) is 31.4 Å². The average Bonchev–Trinajstić information content (AvgIpc) is 2.47. The van der Waals surface area contributed by atoms with Gasteiger partial charge in [0.15, 0.2) is 0 Å². The number of hydrogen-bond acceptors (Lipinski definition) is 5. The Morgan fingerprint density at radius 2 is 2.10 bits per heavy atom. The van der Waals surface area contributed by atoms with Crippen LogP contribution in [0.15, 0.2) is 30.5 Å². The van der Waals surface area contributed by atoms with Gasteiger partial charge < -0.3 is 5.32 Å². The maximum atomic E-state index is 10.9. The largest absolute Gasteiger partial charge is 0.373 e. The van der Waals surface area contributed by atoms with Crippen molar-refractivity contribution in [3.63, 3.8) is 0 Å². The zero-order chi connectivity index (χ0) is 14.5. The molecule has 0 spiro atoms. The van der Waals surface area contributed by atoms with E-state index in [0.717, 1.165) is 17.7 Å². The average molecular weight is 272 g/mol. The van der Waals surface area contributed by atoms with Crippen molar-refractivity contribution in [2.24, 2.45) is 0 Å². The molecule has 1 N–H and O–H groups in total. The first-order valence-corrected chi connectivity index (χ1v) is 6.39. The predicted molar refractivity (Wildman–Crippen MR) is 76.9 cm³/mol. The van der Waals surface area contributed by atoms with Crippen molar-refractivity contribution >= 4 is 11.5 Å². The number of nitro groups is 1. The molecule has 20 heavy (non-hydrogen) atoms. The predicted octanol–water partition coefficient (Wildman–Crippen LogP) is 2.58. The maximum Gasteiger partial charge on any atom is 0.274 e. The van der Waals surface area contributed by atoms with Crippen molar-refractivity contribution in [2.75, 3.05) is 12.4 Å². The van der Waals surface area contributed by atoms with Crippen molar-refractivity contribution in [3.8, 4) is 0 Å². The summed E-state index contributed by atoms with van der Waals surface area (Å²) in [5, 5.41) is 13.7. The topological polar surface area (TPSA) is 81.0 Å². The summed E-state index contributed by atoms with van der Waals surface area (Å²) in [6, 6.07) is 6.84. The molecule has 0 aliphatic heterocycles. The molecule has 0 aromatic carbocycles. The van der Waals surface area contributed by atoms with Gasteiger partial charge >= 0.3 is 0 Å². The molecule has 2 aromatic heterocycles. The molecule has 6 heteroatoms. The van der Waals surface area contributed by atoms with E-state index in [9.17, 15) is 10.1 Å². The summed E-state index contributed by atoms with van der Waals surface area (Å²) >= 11 is 0. The summed E-state index contributed by atoms with van der Waals surface area (Å²) in [6.07, 6.45) is 3.23. The minimum Gasteiger partial charge on any atom is -0.373 e. The van der Waals surface area contributed by atoms with Gasteiger partial charge in [0.25, 0.3) is 5.69 Å². The molecule has 0 aliphatic carbocycles. The fraction of sp³-hybridized carbons (Fsp3) is 0.286. The standard InChI is InChI=1S/C14H16N4O2/c1-3-10-4-5-11(16-9-10)6-12-7-13(18(19)20)8-14(15-2)17-12/h4-5,7-9H,3,6H2,1-2H3,(H,15,17). The molecule has 0 unspecified atom stereocenters. The van der Waals surface area contributed by atoms with Crippen LogP contribution in [0.1, 0.15) is 23.9 Å². The molecule has 2 aromatic rings. The highest BCUT2D eigenvalue weighted by atomic mass is 16.6. The van der Waals surface area contributed by atoms with Crippen molar-refractivity contribution in [2.45, 2.75) is 19.8 Å². The van der Waals surface area contributed by atoms with Gasteiger partial charge in [-0.2, -0.15) is 0 Å². The number of aryl methyl sites for hydroxylation is 1. The first-order chi connectivity index (χ1) is 9.62. The van der Waals surface area contributed by atoms with Crippen molar-refractivity contribution in [3.05, 3.63) is 57.5 Å². The second-order valence-corrected chi connectivity index (χ2v) is 4.40. The van der Waals surface area contributed by atoms with Crippen LogP contribution in [0.2, 0.25) is 0 Å². The lowest BCUT2D eigenvalue weighted by Crippen LogP contribution is -2.01. The summed E-state index contributed by atoms with van der Waals surface area (Å²) in [5.41, 5.74) is 2.67. The van der Waals surface area contributed by atoms with Crippen LogP contribution in [0.3, 0.4) is 0 Å². The fourth-order valence-electron chi connectivity index (χ4n) is 1.85. The minimum atomic E-state index is -0.417. The molecular weight excluding hydrogens is 256 g/mol. The first-order valence-electron chi connectivity index (χ1n) is 6.39. The highest BCUT2D eigenvalue weighted by Gasteiger charge is 2.11. The highest BCUT2D eigenvalue weighted by molar-refractivity contribution is 5.46. The normalized spacial score (nSPS) is 10.3. The highest BCUT2D eigenvalue weighted by Crippen LogP contribution is 2.19. The Morgan fingerprint density at radius 3 is 2.65 bits per heavy atom. The first kappa shape index (κ1) is 13.9. The van der Waals surface area contributed by atoms with E-state index < -0.39 is 4.92 Å². The monoisotopic (exact) mass is 272 g/mol. The van der Waals surface area contributed by atoms with E-state index in [-0.39, 0.29) is 5.69 Å². The van der Waals surface area contributed by atoms with Crippen LogP contribution in [-0.2, 0) is 12.8 Å². The molecule has 2 heterocycles. The van der Waals surface area contributed by atoms with E-state index in [4.69, 9.17) is 0 Å². The smallest absolute Gasteiger partial charge is 0.274 e. The number of nitrogens with one attached hydrogen (secondary N) is 1. The van der Waals surface area contributed by atoms with Crippen LogP contribution in [0.5, 0.6) is 0 Å². The number of anilines is 1. The number of hydrogen-bond donors (Lipinski definition) is 1. The second kappa shape index (κ2) is 6.10. The van der Waals surface area contributed by atoms with Gasteiger partial charge in [-0.3, -0.25) is 15.1 Å². The summed E-state index contributed by atoms with van der Waals surface area (Å²) in [6.45, 7) is 2.07. The van der Waals surface area contributed by atoms with Crippen LogP contribution < -0.4 is 5.32 Å². The molecule has 0 radical (unpaired) electrons. The summed E-state index contributed by atoms with van der Waals surface area (Å²) in [5.74, 6) is 0.486. The Balaban J connectivity index is 2.27. The summed E-state index contributed by atoms with van der Waals surface area (Å²) in [7, 11) is 1.68. The maximum absolute atomic E-state index is 10.9. The Morgan fingerprint density at radius 1 is 1.30 bits per heavy atom. The third kappa shape index (κ3) is 3.28. The Bertz CT molecular complexity index is 611. The summed E-state index contributed by atoms with van der Waals surface area (Å²) < 4.78 is 0. The van der Waals surface area contributed by atoms with Gasteiger partial charge in [-0.1, -0.05) is 13.0 Å². The van der Waals surface area contributed by atoms with E-state index in [1.54, 1.807) is 7.05 Å². The molecular formula is C14H16N4O2. The van der Waals surface area contributed by atoms with Crippen molar-refractivity contribution in [1.29, 1.82) is 0 Å². The Labute approximate surface area is 117 Å². The molecule has 104 valence electrons. The molecule has 0 fully saturated rings.